The third-order valence-corrected chi connectivity index (χ3v) is 7.79. The Morgan fingerprint density at radius 3 is 2.52 bits per heavy atom. The number of carbonyl (C=O) groups is 3. The number of hydrogen-bond donors (Lipinski definition) is 4. The Hall–Kier alpha value is -4.19. The highest BCUT2D eigenvalue weighted by Crippen LogP contribution is 2.32. The third kappa shape index (κ3) is 6.50. The van der Waals surface area contributed by atoms with Gasteiger partial charge in [0.1, 0.15) is 24.4 Å². The van der Waals surface area contributed by atoms with Gasteiger partial charge in [0.25, 0.3) is 5.91 Å². The fraction of sp³-hybridized carbons (Fsp3) is 0.286. The van der Waals surface area contributed by atoms with Crippen molar-refractivity contribution in [3.63, 3.8) is 0 Å². The molecule has 8 nitrogen and oxygen atoms in total. The van der Waals surface area contributed by atoms with Crippen molar-refractivity contribution in [2.75, 3.05) is 19.8 Å². The second-order valence-electron chi connectivity index (χ2n) is 9.68. The van der Waals surface area contributed by atoms with Crippen LogP contribution in [0.1, 0.15) is 40.2 Å². The van der Waals surface area contributed by atoms with E-state index in [1.807, 2.05) is 0 Å². The summed E-state index contributed by atoms with van der Waals surface area (Å²) in [5.74, 6) is -2.49. The Kier molecular flexibility index (Phi) is 8.58. The second-order valence-corrected chi connectivity index (χ2v) is 10.6. The van der Waals surface area contributed by atoms with Crippen molar-refractivity contribution >= 4 is 34.9 Å². The number of amidine groups is 1. The highest BCUT2D eigenvalue weighted by atomic mass is 32.1. The maximum atomic E-state index is 15.0. The fourth-order valence-electron chi connectivity index (χ4n) is 4.47. The van der Waals surface area contributed by atoms with E-state index in [-0.39, 0.29) is 11.4 Å². The highest BCUT2D eigenvalue weighted by molar-refractivity contribution is 7.10. The number of nitrogens with two attached hydrogens (primary N) is 1. The van der Waals surface area contributed by atoms with Gasteiger partial charge in [-0.3, -0.25) is 19.8 Å². The lowest BCUT2D eigenvalue weighted by molar-refractivity contribution is -0.138. The molecule has 1 aliphatic heterocycles. The quantitative estimate of drug-likeness (QED) is 0.231. The molecular weight excluding hydrogens is 543 g/mol. The average molecular weight is 572 g/mol. The molecule has 0 radical (unpaired) electrons. The molecule has 12 heteroatoms. The van der Waals surface area contributed by atoms with Crippen molar-refractivity contribution in [1.82, 2.24) is 15.5 Å². The number of likely N-dealkylation sites (tertiary alicyclic amines) is 1. The molecule has 1 saturated heterocycles. The Labute approximate surface area is 232 Å². The number of benzene rings is 2. The number of carbonyl (C=O) groups excluding carboxylic acids is 3. The van der Waals surface area contributed by atoms with Gasteiger partial charge in [0.05, 0.1) is 19.1 Å². The normalized spacial score (nSPS) is 19.2. The monoisotopic (exact) mass is 571 g/mol. The third-order valence-electron chi connectivity index (χ3n) is 6.67. The molecule has 2 heterocycles. The van der Waals surface area contributed by atoms with Gasteiger partial charge in [-0.1, -0.05) is 24.3 Å². The summed E-state index contributed by atoms with van der Waals surface area (Å²) in [6.45, 7) is -0.842. The molecule has 210 valence electrons. The van der Waals surface area contributed by atoms with Gasteiger partial charge < -0.3 is 21.3 Å². The Morgan fingerprint density at radius 1 is 1.15 bits per heavy atom. The van der Waals surface area contributed by atoms with E-state index in [1.54, 1.807) is 48.7 Å². The van der Waals surface area contributed by atoms with Crippen molar-refractivity contribution < 1.29 is 27.6 Å². The van der Waals surface area contributed by atoms with Crippen molar-refractivity contribution in [1.29, 1.82) is 5.41 Å². The van der Waals surface area contributed by atoms with Crippen molar-refractivity contribution in [2.45, 2.75) is 31.1 Å². The number of nitrogen functional groups attached to an aromatic ring is 1. The molecule has 0 spiro atoms. The van der Waals surface area contributed by atoms with E-state index < -0.39 is 67.5 Å². The minimum atomic E-state index is -2.39. The van der Waals surface area contributed by atoms with E-state index in [9.17, 15) is 23.2 Å². The summed E-state index contributed by atoms with van der Waals surface area (Å²) < 4.78 is 41.8. The molecule has 3 amide bonds. The van der Waals surface area contributed by atoms with Crippen LogP contribution in [-0.2, 0) is 9.59 Å². The molecule has 2 aromatic carbocycles. The van der Waals surface area contributed by atoms with E-state index in [2.05, 4.69) is 10.6 Å². The first-order valence-electron chi connectivity index (χ1n) is 12.4. The summed E-state index contributed by atoms with van der Waals surface area (Å²) in [6.07, 6.45) is -0.523. The van der Waals surface area contributed by atoms with Crippen LogP contribution in [0.4, 0.5) is 13.2 Å². The van der Waals surface area contributed by atoms with Gasteiger partial charge in [0.15, 0.2) is 5.67 Å². The SMILES string of the molecule is C[C@@H](NC(=O)[C@@H]1C[C@](F)(CF)CN1C(=O)CNC(=O)c1cccc(-c2ccc(F)cc2)c1)c1cc(C(=N)N)cs1. The molecule has 0 bridgehead atoms. The molecule has 3 atom stereocenters. The van der Waals surface area contributed by atoms with E-state index in [0.29, 0.717) is 21.6 Å². The predicted octanol–water partition coefficient (Wildman–Crippen LogP) is 3.72. The number of alkyl halides is 2. The van der Waals surface area contributed by atoms with E-state index >= 15 is 4.39 Å². The Bertz CT molecular complexity index is 1430. The average Bonchev–Trinajstić information content (AvgIpc) is 3.58. The molecule has 3 aromatic rings. The summed E-state index contributed by atoms with van der Waals surface area (Å²) in [4.78, 5) is 40.5. The summed E-state index contributed by atoms with van der Waals surface area (Å²) in [6, 6.07) is 12.1. The largest absolute Gasteiger partial charge is 0.384 e. The van der Waals surface area contributed by atoms with Gasteiger partial charge in [-0.2, -0.15) is 0 Å². The molecule has 5 N–H and O–H groups in total. The number of amides is 3. The maximum absolute atomic E-state index is 15.0. The summed E-state index contributed by atoms with van der Waals surface area (Å²) >= 11 is 1.28. The smallest absolute Gasteiger partial charge is 0.251 e. The molecular formula is C28H28F3N5O3S. The van der Waals surface area contributed by atoms with Gasteiger partial charge in [-0.15, -0.1) is 11.3 Å². The van der Waals surface area contributed by atoms with Gasteiger partial charge in [0, 0.05) is 27.8 Å². The minimum absolute atomic E-state index is 0.122. The zero-order chi connectivity index (χ0) is 29.0. The number of rotatable bonds is 9. The van der Waals surface area contributed by atoms with Gasteiger partial charge in [-0.25, -0.2) is 13.2 Å². The van der Waals surface area contributed by atoms with Gasteiger partial charge >= 0.3 is 0 Å². The van der Waals surface area contributed by atoms with E-state index in [0.717, 1.165) is 4.90 Å². The number of nitrogens with zero attached hydrogens (tertiary/aromatic N) is 1. The number of halogens is 3. The lowest BCUT2D eigenvalue weighted by atomic mass is 10.0. The standard InChI is InChI=1S/C28H28F3N5O3S/c1-16(23-10-20(13-40-23)25(32)33)35-27(39)22-11-28(31,14-29)15-36(22)24(37)12-34-26(38)19-4-2-3-18(9-19)17-5-7-21(30)8-6-17/h2-10,13,16,22H,11-12,14-15H2,1H3,(H3,32,33)(H,34,38)(H,35,39)/t16-,22+,28+/m1/s1. The van der Waals surface area contributed by atoms with Crippen LogP contribution >= 0.6 is 11.3 Å². The van der Waals surface area contributed by atoms with Crippen molar-refractivity contribution in [3.8, 4) is 11.1 Å². The van der Waals surface area contributed by atoms with Crippen LogP contribution in [0.3, 0.4) is 0 Å². The molecule has 1 aliphatic rings. The molecule has 1 aromatic heterocycles. The van der Waals surface area contributed by atoms with E-state index in [4.69, 9.17) is 11.1 Å². The maximum Gasteiger partial charge on any atom is 0.251 e. The number of thiophene rings is 1. The van der Waals surface area contributed by atoms with Crippen LogP contribution in [-0.4, -0.2) is 59.9 Å². The first-order valence-corrected chi connectivity index (χ1v) is 13.3. The zero-order valence-electron chi connectivity index (χ0n) is 21.5. The minimum Gasteiger partial charge on any atom is -0.384 e. The van der Waals surface area contributed by atoms with Crippen molar-refractivity contribution in [2.24, 2.45) is 5.73 Å². The number of hydrogen-bond acceptors (Lipinski definition) is 5. The molecule has 0 unspecified atom stereocenters. The second kappa shape index (κ2) is 11.9. The van der Waals surface area contributed by atoms with Gasteiger partial charge in [0.2, 0.25) is 11.8 Å². The predicted molar refractivity (Wildman–Crippen MR) is 146 cm³/mol. The zero-order valence-corrected chi connectivity index (χ0v) is 22.4. The van der Waals surface area contributed by atoms with Crippen LogP contribution < -0.4 is 16.4 Å². The Morgan fingerprint density at radius 2 is 1.88 bits per heavy atom. The summed E-state index contributed by atoms with van der Waals surface area (Å²) in [7, 11) is 0. The topological polar surface area (TPSA) is 128 Å². The summed E-state index contributed by atoms with van der Waals surface area (Å²) in [5, 5.41) is 14.4. The first kappa shape index (κ1) is 28.8. The molecule has 1 fully saturated rings. The van der Waals surface area contributed by atoms with E-state index in [1.165, 1.54) is 29.5 Å². The van der Waals surface area contributed by atoms with Crippen LogP contribution in [0.25, 0.3) is 11.1 Å². The molecule has 4 rings (SSSR count). The fourth-order valence-corrected chi connectivity index (χ4v) is 5.39. The van der Waals surface area contributed by atoms with Crippen molar-refractivity contribution in [3.05, 3.63) is 81.8 Å². The Balaban J connectivity index is 1.42. The van der Waals surface area contributed by atoms with Crippen LogP contribution in [0.15, 0.2) is 60.0 Å². The van der Waals surface area contributed by atoms with Crippen LogP contribution in [0, 0.1) is 11.2 Å². The number of nitrogens with one attached hydrogen (secondary N) is 3. The molecule has 40 heavy (non-hydrogen) atoms. The van der Waals surface area contributed by atoms with Gasteiger partial charge in [-0.05, 0) is 48.4 Å². The first-order chi connectivity index (χ1) is 19.0. The molecule has 0 aliphatic carbocycles. The molecule has 0 saturated carbocycles. The van der Waals surface area contributed by atoms with Crippen LogP contribution in [0.2, 0.25) is 0 Å². The lowest BCUT2D eigenvalue weighted by Gasteiger charge is -2.25. The van der Waals surface area contributed by atoms with Crippen LogP contribution in [0.5, 0.6) is 0 Å². The summed E-state index contributed by atoms with van der Waals surface area (Å²) in [5.41, 5.74) is 5.19. The highest BCUT2D eigenvalue weighted by Gasteiger charge is 2.49. The lowest BCUT2D eigenvalue weighted by Crippen LogP contribution is -2.49.